The van der Waals surface area contributed by atoms with Crippen LogP contribution in [0.5, 0.6) is 0 Å². The van der Waals surface area contributed by atoms with E-state index in [0.29, 0.717) is 28.4 Å². The van der Waals surface area contributed by atoms with Gasteiger partial charge < -0.3 is 10.2 Å². The monoisotopic (exact) mass is 597 g/mol. The van der Waals surface area contributed by atoms with Crippen LogP contribution in [-0.4, -0.2) is 34.5 Å². The summed E-state index contributed by atoms with van der Waals surface area (Å²) < 4.78 is 0. The molecule has 1 saturated heterocycles. The quantitative estimate of drug-likeness (QED) is 0.145. The normalized spacial score (nSPS) is 22.6. The van der Waals surface area contributed by atoms with Gasteiger partial charge in [0.15, 0.2) is 11.6 Å². The van der Waals surface area contributed by atoms with Gasteiger partial charge >= 0.3 is 0 Å². The Bertz CT molecular complexity index is 1910. The summed E-state index contributed by atoms with van der Waals surface area (Å²) in [7, 11) is 0. The fraction of sp³-hybridized carbons (Fsp3) is 0.216. The first-order valence-corrected chi connectivity index (χ1v) is 15.1. The van der Waals surface area contributed by atoms with Gasteiger partial charge in [-0.2, -0.15) is 0 Å². The van der Waals surface area contributed by atoms with E-state index in [2.05, 4.69) is 19.2 Å². The third-order valence-corrected chi connectivity index (χ3v) is 9.32. The molecule has 4 aromatic carbocycles. The molecule has 1 amide bonds. The number of carbonyl (C=O) groups is 3. The molecule has 1 fully saturated rings. The highest BCUT2D eigenvalue weighted by Crippen LogP contribution is 2.58. The predicted octanol–water partition coefficient (Wildman–Crippen LogP) is 6.65. The molecule has 8 nitrogen and oxygen atoms in total. The van der Waals surface area contributed by atoms with E-state index in [0.717, 1.165) is 17.5 Å². The van der Waals surface area contributed by atoms with Crippen molar-refractivity contribution in [3.05, 3.63) is 141 Å². The highest BCUT2D eigenvalue weighted by molar-refractivity contribution is 6.18. The van der Waals surface area contributed by atoms with Gasteiger partial charge in [0.1, 0.15) is 11.5 Å². The van der Waals surface area contributed by atoms with Crippen molar-refractivity contribution in [3.8, 4) is 0 Å². The fourth-order valence-electron chi connectivity index (χ4n) is 7.52. The Kier molecular flexibility index (Phi) is 6.73. The molecular formula is C37H31N3O5. The number of fused-ring (bicyclic) bond motifs is 6. The van der Waals surface area contributed by atoms with E-state index in [4.69, 9.17) is 0 Å². The molecule has 0 saturated carbocycles. The number of non-ortho nitro benzene ring substituents is 1. The van der Waals surface area contributed by atoms with E-state index in [-0.39, 0.29) is 22.9 Å². The van der Waals surface area contributed by atoms with Gasteiger partial charge in [0.25, 0.3) is 5.69 Å². The van der Waals surface area contributed by atoms with Crippen LogP contribution in [-0.2, 0) is 16.6 Å². The number of nitro benzene ring substituents is 1. The Labute approximate surface area is 260 Å². The van der Waals surface area contributed by atoms with Crippen molar-refractivity contribution in [2.75, 3.05) is 10.2 Å². The molecule has 4 aromatic rings. The highest BCUT2D eigenvalue weighted by Gasteiger charge is 2.70. The first-order valence-electron chi connectivity index (χ1n) is 15.1. The van der Waals surface area contributed by atoms with Crippen molar-refractivity contribution in [3.63, 3.8) is 0 Å². The maximum Gasteiger partial charge on any atom is 0.270 e. The second-order valence-electron chi connectivity index (χ2n) is 12.4. The van der Waals surface area contributed by atoms with E-state index in [1.54, 1.807) is 12.1 Å². The zero-order valence-corrected chi connectivity index (χ0v) is 24.8. The number of rotatable bonds is 7. The number of hydrogen-bond acceptors (Lipinski definition) is 6. The molecule has 8 heteroatoms. The van der Waals surface area contributed by atoms with Gasteiger partial charge in [0, 0.05) is 34.6 Å². The van der Waals surface area contributed by atoms with E-state index < -0.39 is 34.1 Å². The molecule has 0 unspecified atom stereocenters. The largest absolute Gasteiger partial charge is 0.352 e. The summed E-state index contributed by atoms with van der Waals surface area (Å²) in [5, 5.41) is 14.7. The first kappa shape index (κ1) is 28.4. The molecule has 3 aliphatic heterocycles. The van der Waals surface area contributed by atoms with Crippen LogP contribution >= 0.6 is 0 Å². The number of nitrogens with one attached hydrogen (secondary N) is 1. The molecule has 3 heterocycles. The number of benzene rings is 4. The van der Waals surface area contributed by atoms with Crippen LogP contribution < -0.4 is 10.2 Å². The maximum absolute atomic E-state index is 15.0. The van der Waals surface area contributed by atoms with Crippen molar-refractivity contribution in [2.24, 2.45) is 11.8 Å². The average Bonchev–Trinajstić information content (AvgIpc) is 3.52. The zero-order valence-electron chi connectivity index (χ0n) is 24.8. The number of nitrogens with zero attached hydrogens (tertiary/aromatic N) is 2. The van der Waals surface area contributed by atoms with Crippen molar-refractivity contribution in [2.45, 2.75) is 37.8 Å². The van der Waals surface area contributed by atoms with Crippen LogP contribution in [0.1, 0.15) is 51.3 Å². The van der Waals surface area contributed by atoms with Crippen LogP contribution in [0.3, 0.4) is 0 Å². The molecule has 4 atom stereocenters. The average molecular weight is 598 g/mol. The molecule has 1 N–H and O–H groups in total. The number of amides is 1. The Balaban J connectivity index is 1.48. The number of carbonyl (C=O) groups excluding carboxylic acids is 3. The molecule has 0 aromatic heterocycles. The van der Waals surface area contributed by atoms with Gasteiger partial charge in [0.05, 0.1) is 16.9 Å². The molecule has 3 aliphatic rings. The third kappa shape index (κ3) is 4.31. The van der Waals surface area contributed by atoms with Crippen LogP contribution in [0, 0.1) is 22.0 Å². The molecule has 45 heavy (non-hydrogen) atoms. The molecule has 0 aliphatic carbocycles. The van der Waals surface area contributed by atoms with Crippen molar-refractivity contribution < 1.29 is 19.3 Å². The van der Waals surface area contributed by atoms with Gasteiger partial charge in [-0.25, -0.2) is 0 Å². The number of ketones is 2. The van der Waals surface area contributed by atoms with E-state index in [1.165, 1.54) is 24.3 Å². The van der Waals surface area contributed by atoms with Crippen LogP contribution in [0.4, 0.5) is 17.1 Å². The summed E-state index contributed by atoms with van der Waals surface area (Å²) in [6, 6.07) is 26.1. The minimum atomic E-state index is -1.45. The lowest BCUT2D eigenvalue weighted by Crippen LogP contribution is -2.51. The summed E-state index contributed by atoms with van der Waals surface area (Å²) in [6.07, 6.45) is 4.70. The molecular weight excluding hydrogens is 566 g/mol. The molecule has 0 bridgehead atoms. The van der Waals surface area contributed by atoms with Gasteiger partial charge in [0.2, 0.25) is 5.91 Å². The lowest BCUT2D eigenvalue weighted by atomic mass is 9.64. The van der Waals surface area contributed by atoms with E-state index in [9.17, 15) is 24.5 Å². The highest BCUT2D eigenvalue weighted by atomic mass is 16.6. The number of nitro groups is 1. The Morgan fingerprint density at radius 2 is 1.64 bits per heavy atom. The van der Waals surface area contributed by atoms with Crippen molar-refractivity contribution in [1.82, 2.24) is 0 Å². The predicted molar refractivity (Wildman–Crippen MR) is 173 cm³/mol. The molecule has 0 radical (unpaired) electrons. The van der Waals surface area contributed by atoms with Gasteiger partial charge in [-0.1, -0.05) is 98.8 Å². The lowest BCUT2D eigenvalue weighted by Gasteiger charge is -2.37. The van der Waals surface area contributed by atoms with Crippen molar-refractivity contribution >= 4 is 40.6 Å². The number of Topliss-reactive ketones (excluding diaryl/α,β-unsaturated/α-hetero) is 2. The van der Waals surface area contributed by atoms with Gasteiger partial charge in [-0.3, -0.25) is 24.5 Å². The number of para-hydroxylation sites is 2. The first-order chi connectivity index (χ1) is 21.7. The lowest BCUT2D eigenvalue weighted by molar-refractivity contribution is -0.384. The third-order valence-electron chi connectivity index (χ3n) is 9.32. The Morgan fingerprint density at radius 3 is 2.40 bits per heavy atom. The van der Waals surface area contributed by atoms with Crippen molar-refractivity contribution in [1.29, 1.82) is 0 Å². The maximum atomic E-state index is 15.0. The van der Waals surface area contributed by atoms with Gasteiger partial charge in [-0.15, -0.1) is 0 Å². The summed E-state index contributed by atoms with van der Waals surface area (Å²) >= 11 is 0. The zero-order chi connectivity index (χ0) is 31.5. The van der Waals surface area contributed by atoms with Gasteiger partial charge in [-0.05, 0) is 41.2 Å². The van der Waals surface area contributed by atoms with E-state index in [1.807, 2.05) is 77.7 Å². The Hall–Kier alpha value is -5.37. The second kappa shape index (κ2) is 10.7. The van der Waals surface area contributed by atoms with Crippen LogP contribution in [0.2, 0.25) is 0 Å². The Morgan fingerprint density at radius 1 is 0.911 bits per heavy atom. The molecule has 7 rings (SSSR count). The number of anilines is 2. The summed E-state index contributed by atoms with van der Waals surface area (Å²) in [6.45, 7) is 4.26. The van der Waals surface area contributed by atoms with E-state index >= 15 is 0 Å². The summed E-state index contributed by atoms with van der Waals surface area (Å²) in [5.41, 5.74) is 2.73. The fourth-order valence-corrected chi connectivity index (χ4v) is 7.52. The molecule has 1 spiro atoms. The summed E-state index contributed by atoms with van der Waals surface area (Å²) in [4.78, 5) is 57.3. The topological polar surface area (TPSA) is 110 Å². The second-order valence-corrected chi connectivity index (χ2v) is 12.4. The molecule has 224 valence electrons. The van der Waals surface area contributed by atoms with Crippen LogP contribution in [0.25, 0.3) is 6.08 Å². The SMILES string of the molecule is CC(C)Cc1ccc(C(=O)[C@@H]2[C@H](C(=O)c3cccc([N+](=O)[O-])c3)N3c4ccccc4C=C[C@H]3[C@]23C(=O)Nc2ccccc23)cc1. The number of hydrogen-bond donors (Lipinski definition) is 1. The van der Waals surface area contributed by atoms with Crippen LogP contribution in [0.15, 0.2) is 103 Å². The smallest absolute Gasteiger partial charge is 0.270 e. The minimum absolute atomic E-state index is 0.105. The summed E-state index contributed by atoms with van der Waals surface area (Å²) in [5.74, 6) is -1.86. The minimum Gasteiger partial charge on any atom is -0.352 e. The standard InChI is InChI=1S/C37H31N3O5/c1-22(2)20-23-14-16-25(17-15-23)34(41)32-33(35(42)26-9-7-10-27(21-26)40(44)45)39-30-13-6-3-8-24(30)18-19-31(39)37(32)28-11-4-5-12-29(28)38-36(37)43/h3-19,21-22,31-33H,20H2,1-2H3,(H,38,43)/t31-,32-,33+,37-/m0/s1.